The quantitative estimate of drug-likeness (QED) is 0.622. The SMILES string of the molecule is CC(CCN(C)C)NC(=O)NC(C)(C)CCC(=O)O. The second-order valence-corrected chi connectivity index (χ2v) is 5.87. The normalized spacial score (nSPS) is 13.2. The number of carbonyl (C=O) groups is 2. The van der Waals surface area contributed by atoms with E-state index in [4.69, 9.17) is 5.11 Å². The van der Waals surface area contributed by atoms with Crippen LogP contribution >= 0.6 is 0 Å². The van der Waals surface area contributed by atoms with E-state index in [1.165, 1.54) is 0 Å². The first-order chi connectivity index (χ1) is 8.62. The largest absolute Gasteiger partial charge is 0.481 e. The standard InChI is InChI=1S/C13H27N3O3/c1-10(7-9-16(4)5)14-12(19)15-13(2,3)8-6-11(17)18/h10H,6-9H2,1-5H3,(H,17,18)(H2,14,15,19). The highest BCUT2D eigenvalue weighted by atomic mass is 16.4. The molecular formula is C13H27N3O3. The average molecular weight is 273 g/mol. The summed E-state index contributed by atoms with van der Waals surface area (Å²) in [7, 11) is 3.98. The van der Waals surface area contributed by atoms with E-state index in [0.717, 1.165) is 13.0 Å². The molecule has 19 heavy (non-hydrogen) atoms. The average Bonchev–Trinajstić information content (AvgIpc) is 2.23. The van der Waals surface area contributed by atoms with Crippen LogP contribution in [-0.2, 0) is 4.79 Å². The van der Waals surface area contributed by atoms with Crippen molar-refractivity contribution in [2.45, 2.75) is 51.6 Å². The lowest BCUT2D eigenvalue weighted by molar-refractivity contribution is -0.137. The van der Waals surface area contributed by atoms with Gasteiger partial charge in [0.2, 0.25) is 0 Å². The summed E-state index contributed by atoms with van der Waals surface area (Å²) in [4.78, 5) is 24.4. The molecule has 0 spiro atoms. The van der Waals surface area contributed by atoms with Gasteiger partial charge in [0.15, 0.2) is 0 Å². The molecule has 0 saturated heterocycles. The predicted octanol–water partition coefficient (Wildman–Crippen LogP) is 1.27. The molecule has 1 unspecified atom stereocenters. The van der Waals surface area contributed by atoms with E-state index >= 15 is 0 Å². The van der Waals surface area contributed by atoms with E-state index in [9.17, 15) is 9.59 Å². The van der Waals surface area contributed by atoms with Crippen LogP contribution < -0.4 is 10.6 Å². The van der Waals surface area contributed by atoms with Gasteiger partial charge in [-0.15, -0.1) is 0 Å². The molecule has 0 aromatic heterocycles. The van der Waals surface area contributed by atoms with Crippen molar-refractivity contribution < 1.29 is 14.7 Å². The summed E-state index contributed by atoms with van der Waals surface area (Å²) in [6.45, 7) is 6.50. The number of carbonyl (C=O) groups excluding carboxylic acids is 1. The first kappa shape index (κ1) is 17.7. The van der Waals surface area contributed by atoms with Crippen LogP contribution in [0.5, 0.6) is 0 Å². The van der Waals surface area contributed by atoms with Crippen molar-refractivity contribution in [1.82, 2.24) is 15.5 Å². The number of nitrogens with one attached hydrogen (secondary N) is 2. The molecule has 2 amide bonds. The number of carboxylic acid groups (broad SMARTS) is 1. The third kappa shape index (κ3) is 10.3. The molecule has 3 N–H and O–H groups in total. The molecule has 112 valence electrons. The zero-order valence-electron chi connectivity index (χ0n) is 12.6. The summed E-state index contributed by atoms with van der Waals surface area (Å²) < 4.78 is 0. The highest BCUT2D eigenvalue weighted by molar-refractivity contribution is 5.75. The van der Waals surface area contributed by atoms with Gasteiger partial charge in [0.05, 0.1) is 0 Å². The zero-order chi connectivity index (χ0) is 15.1. The minimum atomic E-state index is -0.852. The Bertz CT molecular complexity index is 304. The third-order valence-corrected chi connectivity index (χ3v) is 2.80. The summed E-state index contributed by atoms with van der Waals surface area (Å²) in [5, 5.41) is 14.3. The first-order valence-electron chi connectivity index (χ1n) is 6.57. The Morgan fingerprint density at radius 1 is 1.32 bits per heavy atom. The molecule has 1 atom stereocenters. The van der Waals surface area contributed by atoms with Crippen LogP contribution in [0.4, 0.5) is 4.79 Å². The molecule has 0 aliphatic carbocycles. The number of rotatable bonds is 8. The number of hydrogen-bond acceptors (Lipinski definition) is 3. The Labute approximate surface area is 115 Å². The van der Waals surface area contributed by atoms with Gasteiger partial charge in [-0.2, -0.15) is 0 Å². The van der Waals surface area contributed by atoms with Gasteiger partial charge < -0.3 is 20.6 Å². The van der Waals surface area contributed by atoms with Gasteiger partial charge in [-0.1, -0.05) is 0 Å². The molecule has 0 aromatic rings. The van der Waals surface area contributed by atoms with Crippen LogP contribution in [0.1, 0.15) is 40.0 Å². The maximum atomic E-state index is 11.8. The Morgan fingerprint density at radius 2 is 1.89 bits per heavy atom. The summed E-state index contributed by atoms with van der Waals surface area (Å²) >= 11 is 0. The highest BCUT2D eigenvalue weighted by Gasteiger charge is 2.22. The van der Waals surface area contributed by atoms with Crippen LogP contribution in [0.15, 0.2) is 0 Å². The zero-order valence-corrected chi connectivity index (χ0v) is 12.6. The van der Waals surface area contributed by atoms with Crippen molar-refractivity contribution in [3.63, 3.8) is 0 Å². The van der Waals surface area contributed by atoms with Crippen molar-refractivity contribution in [2.24, 2.45) is 0 Å². The van der Waals surface area contributed by atoms with Crippen LogP contribution in [0.25, 0.3) is 0 Å². The summed E-state index contributed by atoms with van der Waals surface area (Å²) in [6, 6.07) is -0.167. The topological polar surface area (TPSA) is 81.7 Å². The molecular weight excluding hydrogens is 246 g/mol. The van der Waals surface area contributed by atoms with Crippen molar-refractivity contribution in [2.75, 3.05) is 20.6 Å². The Morgan fingerprint density at radius 3 is 2.37 bits per heavy atom. The number of aliphatic carboxylic acids is 1. The van der Waals surface area contributed by atoms with Crippen LogP contribution in [-0.4, -0.2) is 54.2 Å². The second kappa shape index (κ2) is 7.99. The van der Waals surface area contributed by atoms with Crippen molar-refractivity contribution in [3.8, 4) is 0 Å². The lowest BCUT2D eigenvalue weighted by Gasteiger charge is -2.27. The third-order valence-electron chi connectivity index (χ3n) is 2.80. The van der Waals surface area contributed by atoms with Crippen molar-refractivity contribution in [1.29, 1.82) is 0 Å². The van der Waals surface area contributed by atoms with Crippen LogP contribution in [0, 0.1) is 0 Å². The monoisotopic (exact) mass is 273 g/mol. The van der Waals surface area contributed by atoms with Crippen molar-refractivity contribution in [3.05, 3.63) is 0 Å². The fourth-order valence-electron chi connectivity index (χ4n) is 1.57. The molecule has 0 saturated carbocycles. The molecule has 6 nitrogen and oxygen atoms in total. The molecule has 0 heterocycles. The van der Waals surface area contributed by atoms with E-state index in [1.807, 2.05) is 34.9 Å². The molecule has 0 radical (unpaired) electrons. The molecule has 6 heteroatoms. The number of carboxylic acids is 1. The number of amides is 2. The molecule has 0 aromatic carbocycles. The molecule has 0 aliphatic heterocycles. The van der Waals surface area contributed by atoms with E-state index < -0.39 is 11.5 Å². The van der Waals surface area contributed by atoms with Gasteiger partial charge in [-0.3, -0.25) is 4.79 Å². The molecule has 0 bridgehead atoms. The Kier molecular flexibility index (Phi) is 7.44. The first-order valence-corrected chi connectivity index (χ1v) is 6.57. The Balaban J connectivity index is 4.04. The van der Waals surface area contributed by atoms with Gasteiger partial charge in [0, 0.05) is 18.0 Å². The van der Waals surface area contributed by atoms with Crippen LogP contribution in [0.3, 0.4) is 0 Å². The highest BCUT2D eigenvalue weighted by Crippen LogP contribution is 2.10. The lowest BCUT2D eigenvalue weighted by Crippen LogP contribution is -2.50. The lowest BCUT2D eigenvalue weighted by atomic mass is 9.99. The van der Waals surface area contributed by atoms with Gasteiger partial charge in [-0.05, 0) is 54.3 Å². The Hall–Kier alpha value is -1.30. The number of hydrogen-bond donors (Lipinski definition) is 3. The predicted molar refractivity (Wildman–Crippen MR) is 75.2 cm³/mol. The molecule has 0 fully saturated rings. The summed E-state index contributed by atoms with van der Waals surface area (Å²) in [6.07, 6.45) is 1.32. The van der Waals surface area contributed by atoms with Gasteiger partial charge in [-0.25, -0.2) is 4.79 Å². The van der Waals surface area contributed by atoms with E-state index in [0.29, 0.717) is 6.42 Å². The van der Waals surface area contributed by atoms with Gasteiger partial charge >= 0.3 is 12.0 Å². The van der Waals surface area contributed by atoms with Gasteiger partial charge in [0.1, 0.15) is 0 Å². The van der Waals surface area contributed by atoms with Crippen LogP contribution in [0.2, 0.25) is 0 Å². The molecule has 0 rings (SSSR count). The maximum absolute atomic E-state index is 11.8. The smallest absolute Gasteiger partial charge is 0.315 e. The summed E-state index contributed by atoms with van der Waals surface area (Å²) in [5.41, 5.74) is -0.524. The molecule has 0 aliphatic rings. The minimum Gasteiger partial charge on any atom is -0.481 e. The minimum absolute atomic E-state index is 0.0451. The van der Waals surface area contributed by atoms with E-state index in [1.54, 1.807) is 0 Å². The fourth-order valence-corrected chi connectivity index (χ4v) is 1.57. The number of nitrogens with zero attached hydrogens (tertiary/aromatic N) is 1. The number of urea groups is 1. The maximum Gasteiger partial charge on any atom is 0.315 e. The fraction of sp³-hybridized carbons (Fsp3) is 0.846. The summed E-state index contributed by atoms with van der Waals surface area (Å²) in [5.74, 6) is -0.852. The van der Waals surface area contributed by atoms with E-state index in [-0.39, 0.29) is 18.5 Å². The van der Waals surface area contributed by atoms with Gasteiger partial charge in [0.25, 0.3) is 0 Å². The van der Waals surface area contributed by atoms with E-state index in [2.05, 4.69) is 15.5 Å². The second-order valence-electron chi connectivity index (χ2n) is 5.87. The van der Waals surface area contributed by atoms with Crippen molar-refractivity contribution >= 4 is 12.0 Å².